The number of benzene rings is 2. The average Bonchev–Trinajstić information content (AvgIpc) is 2.40. The van der Waals surface area contributed by atoms with E-state index in [1.807, 2.05) is 13.0 Å². The Morgan fingerprint density at radius 2 is 2.00 bits per heavy atom. The van der Waals surface area contributed by atoms with Gasteiger partial charge >= 0.3 is 5.97 Å². The number of hydrogen-bond donors (Lipinski definition) is 1. The number of ether oxygens (including phenoxy) is 1. The van der Waals surface area contributed by atoms with Crippen molar-refractivity contribution in [1.82, 2.24) is 0 Å². The summed E-state index contributed by atoms with van der Waals surface area (Å²) < 4.78 is 19.0. The van der Waals surface area contributed by atoms with Gasteiger partial charge in [-0.3, -0.25) is 0 Å². The summed E-state index contributed by atoms with van der Waals surface area (Å²) in [5.41, 5.74) is 1.30. The van der Waals surface area contributed by atoms with Crippen molar-refractivity contribution in [2.24, 2.45) is 0 Å². The van der Waals surface area contributed by atoms with Crippen LogP contribution in [-0.4, -0.2) is 17.2 Å². The zero-order valence-electron chi connectivity index (χ0n) is 11.0. The van der Waals surface area contributed by atoms with Gasteiger partial charge in [0.05, 0.1) is 0 Å². The second-order valence-electron chi connectivity index (χ2n) is 4.56. The number of hydrogen-bond acceptors (Lipinski definition) is 2. The minimum Gasteiger partial charge on any atom is -0.478 e. The highest BCUT2D eigenvalue weighted by Crippen LogP contribution is 2.17. The second-order valence-corrected chi connectivity index (χ2v) is 4.56. The van der Waals surface area contributed by atoms with E-state index in [9.17, 15) is 14.3 Å². The molecule has 0 spiro atoms. The maximum atomic E-state index is 13.6. The molecule has 0 bridgehead atoms. The van der Waals surface area contributed by atoms with E-state index >= 15 is 0 Å². The Bertz CT molecular complexity index is 610. The largest absolute Gasteiger partial charge is 0.478 e. The van der Waals surface area contributed by atoms with Gasteiger partial charge in [0, 0.05) is 6.42 Å². The minimum atomic E-state index is -1.12. The van der Waals surface area contributed by atoms with E-state index in [4.69, 9.17) is 4.74 Å². The molecule has 4 heteroatoms. The van der Waals surface area contributed by atoms with E-state index in [1.54, 1.807) is 36.4 Å². The van der Waals surface area contributed by atoms with Crippen LogP contribution in [0.2, 0.25) is 0 Å². The molecule has 2 rings (SSSR count). The van der Waals surface area contributed by atoms with E-state index in [2.05, 4.69) is 0 Å². The molecule has 0 aromatic heterocycles. The van der Waals surface area contributed by atoms with Crippen LogP contribution in [0.3, 0.4) is 0 Å². The third-order valence-electron chi connectivity index (χ3n) is 2.91. The Morgan fingerprint density at radius 3 is 2.65 bits per heavy atom. The highest BCUT2D eigenvalue weighted by molar-refractivity contribution is 5.73. The van der Waals surface area contributed by atoms with Crippen molar-refractivity contribution in [2.45, 2.75) is 19.4 Å². The Hall–Kier alpha value is -2.36. The van der Waals surface area contributed by atoms with Gasteiger partial charge in [-0.2, -0.15) is 0 Å². The first kappa shape index (κ1) is 14.1. The predicted octanol–water partition coefficient (Wildman–Crippen LogP) is 3.21. The lowest BCUT2D eigenvalue weighted by Gasteiger charge is -2.16. The lowest BCUT2D eigenvalue weighted by molar-refractivity contribution is -0.145. The SMILES string of the molecule is Cc1cccc(OC(Cc2ccccc2F)C(=O)O)c1. The molecule has 104 valence electrons. The molecule has 20 heavy (non-hydrogen) atoms. The summed E-state index contributed by atoms with van der Waals surface area (Å²) in [6.45, 7) is 1.89. The van der Waals surface area contributed by atoms with Gasteiger partial charge in [0.15, 0.2) is 6.10 Å². The van der Waals surface area contributed by atoms with Crippen LogP contribution in [0.1, 0.15) is 11.1 Å². The van der Waals surface area contributed by atoms with E-state index in [1.165, 1.54) is 6.07 Å². The number of aliphatic carboxylic acids is 1. The first-order valence-electron chi connectivity index (χ1n) is 6.26. The van der Waals surface area contributed by atoms with Crippen molar-refractivity contribution in [3.05, 3.63) is 65.5 Å². The van der Waals surface area contributed by atoms with Crippen molar-refractivity contribution in [3.8, 4) is 5.75 Å². The standard InChI is InChI=1S/C16H15FO3/c1-11-5-4-7-13(9-11)20-15(16(18)19)10-12-6-2-3-8-14(12)17/h2-9,15H,10H2,1H3,(H,18,19). The molecule has 0 heterocycles. The molecule has 1 N–H and O–H groups in total. The normalized spacial score (nSPS) is 11.9. The molecule has 0 aliphatic carbocycles. The smallest absolute Gasteiger partial charge is 0.345 e. The van der Waals surface area contributed by atoms with Gasteiger partial charge in [-0.25, -0.2) is 9.18 Å². The molecule has 0 amide bonds. The fraction of sp³-hybridized carbons (Fsp3) is 0.188. The minimum absolute atomic E-state index is 0.0179. The van der Waals surface area contributed by atoms with Gasteiger partial charge in [-0.15, -0.1) is 0 Å². The van der Waals surface area contributed by atoms with Crippen LogP contribution in [0.5, 0.6) is 5.75 Å². The summed E-state index contributed by atoms with van der Waals surface area (Å²) in [6, 6.07) is 13.2. The zero-order valence-corrected chi connectivity index (χ0v) is 11.0. The third-order valence-corrected chi connectivity index (χ3v) is 2.91. The topological polar surface area (TPSA) is 46.5 Å². The van der Waals surface area contributed by atoms with E-state index in [-0.39, 0.29) is 6.42 Å². The molecule has 1 atom stereocenters. The second kappa shape index (κ2) is 6.19. The van der Waals surface area contributed by atoms with Crippen molar-refractivity contribution < 1.29 is 19.0 Å². The number of rotatable bonds is 5. The Kier molecular flexibility index (Phi) is 4.35. The molecular formula is C16H15FO3. The molecular weight excluding hydrogens is 259 g/mol. The van der Waals surface area contributed by atoms with Gasteiger partial charge < -0.3 is 9.84 Å². The molecule has 0 fully saturated rings. The average molecular weight is 274 g/mol. The van der Waals surface area contributed by atoms with Crippen LogP contribution in [0.25, 0.3) is 0 Å². The molecule has 3 nitrogen and oxygen atoms in total. The first-order valence-corrected chi connectivity index (χ1v) is 6.26. The molecule has 1 unspecified atom stereocenters. The summed E-state index contributed by atoms with van der Waals surface area (Å²) in [4.78, 5) is 11.3. The van der Waals surface area contributed by atoms with Crippen molar-refractivity contribution in [3.63, 3.8) is 0 Å². The van der Waals surface area contributed by atoms with Crippen LogP contribution in [0, 0.1) is 12.7 Å². The summed E-state index contributed by atoms with van der Waals surface area (Å²) in [6.07, 6.45) is -1.13. The van der Waals surface area contributed by atoms with E-state index in [0.717, 1.165) is 5.56 Å². The lowest BCUT2D eigenvalue weighted by atomic mass is 10.1. The van der Waals surface area contributed by atoms with Gasteiger partial charge in [0.1, 0.15) is 11.6 Å². The highest BCUT2D eigenvalue weighted by atomic mass is 19.1. The zero-order chi connectivity index (χ0) is 14.5. The summed E-state index contributed by atoms with van der Waals surface area (Å²) >= 11 is 0. The molecule has 2 aromatic rings. The monoisotopic (exact) mass is 274 g/mol. The number of halogens is 1. The predicted molar refractivity (Wildman–Crippen MR) is 73.3 cm³/mol. The van der Waals surface area contributed by atoms with Gasteiger partial charge in [0.25, 0.3) is 0 Å². The van der Waals surface area contributed by atoms with Crippen LogP contribution in [0.4, 0.5) is 4.39 Å². The number of aryl methyl sites for hydroxylation is 1. The summed E-state index contributed by atoms with van der Waals surface area (Å²) in [5.74, 6) is -1.07. The Balaban J connectivity index is 2.16. The summed E-state index contributed by atoms with van der Waals surface area (Å²) in [5, 5.41) is 9.21. The third kappa shape index (κ3) is 3.57. The van der Waals surface area contributed by atoms with Gasteiger partial charge in [0.2, 0.25) is 0 Å². The number of carboxylic acid groups (broad SMARTS) is 1. The van der Waals surface area contributed by atoms with Crippen LogP contribution >= 0.6 is 0 Å². The highest BCUT2D eigenvalue weighted by Gasteiger charge is 2.21. The molecule has 0 aliphatic heterocycles. The number of carboxylic acids is 1. The van der Waals surface area contributed by atoms with Crippen molar-refractivity contribution in [2.75, 3.05) is 0 Å². The maximum absolute atomic E-state index is 13.6. The molecule has 0 saturated heterocycles. The fourth-order valence-electron chi connectivity index (χ4n) is 1.90. The fourth-order valence-corrected chi connectivity index (χ4v) is 1.90. The van der Waals surface area contributed by atoms with E-state index < -0.39 is 17.9 Å². The quantitative estimate of drug-likeness (QED) is 0.910. The molecule has 0 radical (unpaired) electrons. The van der Waals surface area contributed by atoms with Crippen LogP contribution in [0.15, 0.2) is 48.5 Å². The lowest BCUT2D eigenvalue weighted by Crippen LogP contribution is -2.29. The maximum Gasteiger partial charge on any atom is 0.345 e. The summed E-state index contributed by atoms with van der Waals surface area (Å²) in [7, 11) is 0. The van der Waals surface area contributed by atoms with Crippen molar-refractivity contribution in [1.29, 1.82) is 0 Å². The first-order chi connectivity index (χ1) is 9.56. The Morgan fingerprint density at radius 1 is 1.25 bits per heavy atom. The number of carbonyl (C=O) groups is 1. The van der Waals surface area contributed by atoms with Crippen molar-refractivity contribution >= 4 is 5.97 Å². The van der Waals surface area contributed by atoms with Gasteiger partial charge in [-0.05, 0) is 36.2 Å². The molecule has 0 saturated carbocycles. The molecule has 0 aliphatic rings. The van der Waals surface area contributed by atoms with Gasteiger partial charge in [-0.1, -0.05) is 30.3 Å². The Labute approximate surface area is 116 Å². The van der Waals surface area contributed by atoms with E-state index in [0.29, 0.717) is 11.3 Å². The molecule has 2 aromatic carbocycles. The van der Waals surface area contributed by atoms with Crippen LogP contribution in [-0.2, 0) is 11.2 Å². The van der Waals surface area contributed by atoms with Crippen LogP contribution < -0.4 is 4.74 Å².